The molecule has 1 saturated heterocycles. The van der Waals surface area contributed by atoms with Crippen LogP contribution in [0.3, 0.4) is 0 Å². The number of anilines is 1. The number of rotatable bonds is 13. The lowest BCUT2D eigenvalue weighted by molar-refractivity contribution is -0.0480. The largest absolute Gasteiger partial charge is 0.508 e. The second-order valence-corrected chi connectivity index (χ2v) is 26.1. The Labute approximate surface area is 380 Å². The second-order valence-electron chi connectivity index (χ2n) is 21.3. The molecule has 12 heteroatoms. The van der Waals surface area contributed by atoms with E-state index in [2.05, 4.69) is 83.0 Å². The number of Topliss-reactive ketones (excluding diaryl/α,β-unsaturated/α-hetero) is 2. The van der Waals surface area contributed by atoms with Gasteiger partial charge in [-0.15, -0.1) is 0 Å². The Kier molecular flexibility index (Phi) is 12.3. The van der Waals surface area contributed by atoms with E-state index in [1.54, 1.807) is 0 Å². The molecule has 64 heavy (non-hydrogen) atoms. The number of benzene rings is 3. The van der Waals surface area contributed by atoms with Crippen LogP contribution in [0, 0.1) is 17.3 Å². The Morgan fingerprint density at radius 3 is 2.12 bits per heavy atom. The average molecular weight is 889 g/mol. The molecule has 0 radical (unpaired) electrons. The van der Waals surface area contributed by atoms with Gasteiger partial charge in [-0.3, -0.25) is 14.5 Å². The van der Waals surface area contributed by atoms with E-state index in [1.807, 2.05) is 79.7 Å². The molecular weight excluding hydrogens is 821 g/mol. The Balaban J connectivity index is 1.33. The lowest BCUT2D eigenvalue weighted by Crippen LogP contribution is -2.65. The molecule has 3 aromatic carbocycles. The number of hydrogen-bond donors (Lipinski definition) is 2. The summed E-state index contributed by atoms with van der Waals surface area (Å²) in [5.74, 6) is -1.27. The third-order valence-corrected chi connectivity index (χ3v) is 19.3. The fraction of sp³-hybridized carbons (Fsp3) is 0.519. The maximum absolute atomic E-state index is 15.8. The number of aliphatic hydroxyl groups excluding tert-OH is 1. The van der Waals surface area contributed by atoms with Crippen LogP contribution in [0.15, 0.2) is 82.6 Å². The third kappa shape index (κ3) is 8.13. The summed E-state index contributed by atoms with van der Waals surface area (Å²) in [6.07, 6.45) is 2.99. The fourth-order valence-electron chi connectivity index (χ4n) is 9.95. The van der Waals surface area contributed by atoms with Crippen molar-refractivity contribution in [3.8, 4) is 11.6 Å². The van der Waals surface area contributed by atoms with Crippen molar-refractivity contribution in [1.82, 2.24) is 15.4 Å². The standard InChI is InChI=1S/C52H68N4O7Si/c1-32(50(2,3)4)53-29-36-28-39(60-30-33-20-14-12-15-21-33)41-37(43(36)56-24-18-19-25-56)26-35-27-38-44(55(8)9)46-42(49(54-62-46)61-31-34-22-16-13-17-23-34)48(59)52(38,47(58)40(35)45(41)57)63-64(10,11)51(5,6)7/h12-17,20-23,28,32,35,38,44,53,58H,18-19,24-27,29-31H2,1-11H3/t32-,35+,38+,44+,52+/m1/s1. The van der Waals surface area contributed by atoms with E-state index < -0.39 is 37.6 Å². The summed E-state index contributed by atoms with van der Waals surface area (Å²) in [6, 6.07) is 21.3. The number of fused-ring (bicyclic) bond motifs is 4. The van der Waals surface area contributed by atoms with E-state index in [0.717, 1.165) is 53.9 Å². The SMILES string of the molecule is C[C@@H](NCc1cc(OCc2ccccc2)c2c(c1N1CCCC1)C[C@H]1C[C@H]3[C@H](N(C)C)c4onc(OCc5ccccc5)c4C(=O)[C@@]3(O[Si](C)(C)C(C)(C)C)C(O)=C1C2=O)C(C)(C)C. The molecular formula is C52H68N4O7Si. The van der Waals surface area contributed by atoms with Gasteiger partial charge < -0.3 is 33.7 Å². The van der Waals surface area contributed by atoms with Gasteiger partial charge in [-0.05, 0) is 110 Å². The number of hydrogen-bond acceptors (Lipinski definition) is 11. The molecule has 4 aliphatic rings. The van der Waals surface area contributed by atoms with Crippen LogP contribution in [0.25, 0.3) is 0 Å². The topological polar surface area (TPSA) is 127 Å². The summed E-state index contributed by atoms with van der Waals surface area (Å²) in [5, 5.41) is 21.2. The molecule has 0 amide bonds. The number of nitrogens with zero attached hydrogens (tertiary/aromatic N) is 3. The van der Waals surface area contributed by atoms with Crippen LogP contribution in [0.2, 0.25) is 18.1 Å². The van der Waals surface area contributed by atoms with Crippen LogP contribution in [-0.4, -0.2) is 73.9 Å². The van der Waals surface area contributed by atoms with Gasteiger partial charge >= 0.3 is 0 Å². The normalized spacial score (nSPS) is 22.9. The summed E-state index contributed by atoms with van der Waals surface area (Å²) in [6.45, 7) is 22.2. The molecule has 5 atom stereocenters. The van der Waals surface area contributed by atoms with Crippen LogP contribution in [0.1, 0.15) is 123 Å². The summed E-state index contributed by atoms with van der Waals surface area (Å²) in [4.78, 5) is 36.1. The molecule has 342 valence electrons. The zero-order valence-electron chi connectivity index (χ0n) is 39.8. The minimum atomic E-state index is -2.90. The zero-order valence-corrected chi connectivity index (χ0v) is 40.8. The van der Waals surface area contributed by atoms with Crippen LogP contribution in [-0.2, 0) is 30.6 Å². The molecule has 11 nitrogen and oxygen atoms in total. The molecule has 1 fully saturated rings. The summed E-state index contributed by atoms with van der Waals surface area (Å²) in [7, 11) is 1.00. The van der Waals surface area contributed by atoms with Gasteiger partial charge in [-0.25, -0.2) is 0 Å². The number of allylic oxidation sites excluding steroid dienone is 1. The quantitative estimate of drug-likeness (QED) is 0.125. The first kappa shape index (κ1) is 45.8. The van der Waals surface area contributed by atoms with Crippen molar-refractivity contribution in [3.05, 3.63) is 117 Å². The monoisotopic (exact) mass is 888 g/mol. The van der Waals surface area contributed by atoms with Crippen LogP contribution >= 0.6 is 0 Å². The number of aromatic nitrogens is 1. The first-order valence-electron chi connectivity index (χ1n) is 23.1. The zero-order chi connectivity index (χ0) is 45.9. The van der Waals surface area contributed by atoms with Gasteiger partial charge in [-0.2, -0.15) is 0 Å². The van der Waals surface area contributed by atoms with Crippen LogP contribution < -0.4 is 19.7 Å². The molecule has 0 saturated carbocycles. The van der Waals surface area contributed by atoms with Crippen molar-refractivity contribution >= 4 is 25.6 Å². The van der Waals surface area contributed by atoms with E-state index in [-0.39, 0.29) is 58.3 Å². The fourth-order valence-corrected chi connectivity index (χ4v) is 11.4. The maximum atomic E-state index is 15.8. The molecule has 1 aliphatic heterocycles. The van der Waals surface area contributed by atoms with E-state index in [4.69, 9.17) is 18.4 Å². The van der Waals surface area contributed by atoms with Gasteiger partial charge in [0.1, 0.15) is 30.3 Å². The highest BCUT2D eigenvalue weighted by Gasteiger charge is 2.67. The molecule has 1 aromatic heterocycles. The van der Waals surface area contributed by atoms with Gasteiger partial charge in [0.15, 0.2) is 25.5 Å². The predicted octanol–water partition coefficient (Wildman–Crippen LogP) is 10.4. The summed E-state index contributed by atoms with van der Waals surface area (Å²) < 4.78 is 26.6. The summed E-state index contributed by atoms with van der Waals surface area (Å²) >= 11 is 0. The lowest BCUT2D eigenvalue weighted by atomic mass is 9.58. The van der Waals surface area contributed by atoms with E-state index in [0.29, 0.717) is 36.5 Å². The number of ether oxygens (including phenoxy) is 2. The molecule has 3 aliphatic carbocycles. The van der Waals surface area contributed by atoms with Gasteiger partial charge in [0.05, 0.1) is 11.6 Å². The van der Waals surface area contributed by atoms with Crippen molar-refractivity contribution in [2.45, 2.75) is 130 Å². The molecule has 0 bridgehead atoms. The van der Waals surface area contributed by atoms with E-state index in [9.17, 15) is 5.11 Å². The van der Waals surface area contributed by atoms with E-state index >= 15 is 9.59 Å². The third-order valence-electron chi connectivity index (χ3n) is 14.9. The number of nitrogens with one attached hydrogen (secondary N) is 1. The molecule has 2 heterocycles. The highest BCUT2D eigenvalue weighted by molar-refractivity contribution is 6.74. The first-order valence-corrected chi connectivity index (χ1v) is 26.0. The van der Waals surface area contributed by atoms with Crippen molar-refractivity contribution in [3.63, 3.8) is 0 Å². The minimum absolute atomic E-state index is 0.0293. The van der Waals surface area contributed by atoms with E-state index in [1.165, 1.54) is 0 Å². The molecule has 8 rings (SSSR count). The molecule has 4 aromatic rings. The Morgan fingerprint density at radius 1 is 0.938 bits per heavy atom. The van der Waals surface area contributed by atoms with Gasteiger partial charge in [0, 0.05) is 42.9 Å². The Hall–Kier alpha value is -4.75. The minimum Gasteiger partial charge on any atom is -0.508 e. The number of carbonyl (C=O) groups is 2. The predicted molar refractivity (Wildman–Crippen MR) is 253 cm³/mol. The first-order chi connectivity index (χ1) is 30.2. The second kappa shape index (κ2) is 17.2. The highest BCUT2D eigenvalue weighted by Crippen LogP contribution is 2.60. The molecule has 0 spiro atoms. The van der Waals surface area contributed by atoms with Crippen molar-refractivity contribution in [2.75, 3.05) is 32.1 Å². The lowest BCUT2D eigenvalue weighted by Gasteiger charge is -2.55. The van der Waals surface area contributed by atoms with Crippen molar-refractivity contribution in [1.29, 1.82) is 0 Å². The highest BCUT2D eigenvalue weighted by atomic mass is 28.4. The van der Waals surface area contributed by atoms with Crippen molar-refractivity contribution in [2.24, 2.45) is 17.3 Å². The molecule has 2 N–H and O–H groups in total. The van der Waals surface area contributed by atoms with Crippen LogP contribution in [0.5, 0.6) is 11.6 Å². The molecule has 0 unspecified atom stereocenters. The van der Waals surface area contributed by atoms with Gasteiger partial charge in [-0.1, -0.05) is 102 Å². The Morgan fingerprint density at radius 2 is 1.55 bits per heavy atom. The van der Waals surface area contributed by atoms with Gasteiger partial charge in [0.2, 0.25) is 5.78 Å². The van der Waals surface area contributed by atoms with Crippen LogP contribution in [0.4, 0.5) is 5.69 Å². The number of aliphatic hydroxyl groups is 1. The number of ketones is 2. The summed E-state index contributed by atoms with van der Waals surface area (Å²) in [5.41, 5.74) is 3.91. The van der Waals surface area contributed by atoms with Crippen molar-refractivity contribution < 1.29 is 33.1 Å². The average Bonchev–Trinajstić information content (AvgIpc) is 3.93. The Bertz CT molecular complexity index is 2410. The maximum Gasteiger partial charge on any atom is 0.265 e. The smallest absolute Gasteiger partial charge is 0.265 e. The number of carbonyl (C=O) groups excluding carboxylic acids is 2. The van der Waals surface area contributed by atoms with Gasteiger partial charge in [0.25, 0.3) is 5.88 Å².